The van der Waals surface area contributed by atoms with Crippen LogP contribution >= 0.6 is 0 Å². The van der Waals surface area contributed by atoms with Crippen molar-refractivity contribution >= 4 is 11.9 Å². The Morgan fingerprint density at radius 2 is 1.51 bits per heavy atom. The Labute approximate surface area is 213 Å². The van der Waals surface area contributed by atoms with E-state index in [-0.39, 0.29) is 12.2 Å². The molecule has 37 heavy (non-hydrogen) atoms. The molecule has 0 aliphatic rings. The lowest BCUT2D eigenvalue weighted by Gasteiger charge is -2.13. The molecule has 0 aliphatic heterocycles. The van der Waals surface area contributed by atoms with E-state index in [4.69, 9.17) is 24.4 Å². The number of aliphatic carboxylic acids is 2. The van der Waals surface area contributed by atoms with Gasteiger partial charge in [0.05, 0.1) is 38.6 Å². The molecule has 0 saturated heterocycles. The summed E-state index contributed by atoms with van der Waals surface area (Å²) in [6.07, 6.45) is -0.201. The van der Waals surface area contributed by atoms with Gasteiger partial charge in [-0.05, 0) is 42.0 Å². The molecule has 0 fully saturated rings. The van der Waals surface area contributed by atoms with E-state index in [1.54, 1.807) is 37.1 Å². The molecule has 0 saturated carbocycles. The van der Waals surface area contributed by atoms with Gasteiger partial charge in [0.25, 0.3) is 0 Å². The van der Waals surface area contributed by atoms with E-state index in [1.165, 1.54) is 0 Å². The summed E-state index contributed by atoms with van der Waals surface area (Å²) >= 11 is 0. The summed E-state index contributed by atoms with van der Waals surface area (Å²) in [6, 6.07) is 21.8. The van der Waals surface area contributed by atoms with Crippen molar-refractivity contribution in [2.24, 2.45) is 0 Å². The highest BCUT2D eigenvalue weighted by Gasteiger charge is 2.20. The van der Waals surface area contributed by atoms with Crippen molar-refractivity contribution in [2.45, 2.75) is 13.0 Å². The summed E-state index contributed by atoms with van der Waals surface area (Å²) in [5, 5.41) is 23.3. The third-order valence-electron chi connectivity index (χ3n) is 5.70. The van der Waals surface area contributed by atoms with Crippen LogP contribution in [-0.2, 0) is 22.6 Å². The highest BCUT2D eigenvalue weighted by Crippen LogP contribution is 2.37. The van der Waals surface area contributed by atoms with E-state index in [1.807, 2.05) is 54.6 Å². The zero-order valence-corrected chi connectivity index (χ0v) is 20.4. The summed E-state index contributed by atoms with van der Waals surface area (Å²) < 4.78 is 18.5. The zero-order valence-electron chi connectivity index (χ0n) is 20.4. The molecule has 1 heterocycles. The largest absolute Gasteiger partial charge is 0.496 e. The summed E-state index contributed by atoms with van der Waals surface area (Å²) in [5.41, 5.74) is 3.94. The SMILES string of the molecule is COc1ccccc1Cn1nc(-c2cc(CC(=O)O)ccc2OCC(=O)O)cc1-c1ccccc1OC. The highest BCUT2D eigenvalue weighted by molar-refractivity contribution is 5.78. The molecule has 0 spiro atoms. The zero-order chi connectivity index (χ0) is 26.4. The number of carboxylic acids is 2. The van der Waals surface area contributed by atoms with Gasteiger partial charge in [-0.25, -0.2) is 4.79 Å². The average Bonchev–Trinajstić information content (AvgIpc) is 3.31. The van der Waals surface area contributed by atoms with Gasteiger partial charge in [-0.3, -0.25) is 9.48 Å². The van der Waals surface area contributed by atoms with E-state index in [0.29, 0.717) is 34.9 Å². The standard InChI is InChI=1S/C28H26N2O7/c1-35-24-9-5-3-7-19(24)16-30-23(20-8-4-6-10-25(20)36-2)15-22(29-30)21-13-18(14-27(31)32)11-12-26(21)37-17-28(33)34/h3-13,15H,14,16-17H2,1-2H3,(H,31,32)(H,33,34). The van der Waals surface area contributed by atoms with Gasteiger partial charge < -0.3 is 24.4 Å². The normalized spacial score (nSPS) is 10.6. The molecule has 4 aromatic rings. The number of hydrogen-bond donors (Lipinski definition) is 2. The van der Waals surface area contributed by atoms with Crippen molar-refractivity contribution < 1.29 is 34.0 Å². The first kappa shape index (κ1) is 25.3. The molecule has 0 bridgehead atoms. The number of ether oxygens (including phenoxy) is 3. The summed E-state index contributed by atoms with van der Waals surface area (Å²) in [6.45, 7) is -0.176. The van der Waals surface area contributed by atoms with Gasteiger partial charge >= 0.3 is 11.9 Å². The van der Waals surface area contributed by atoms with Crippen LogP contribution in [0.25, 0.3) is 22.5 Å². The molecule has 0 unspecified atom stereocenters. The first-order chi connectivity index (χ1) is 17.9. The van der Waals surface area contributed by atoms with Gasteiger partial charge in [0.1, 0.15) is 17.2 Å². The number of rotatable bonds is 11. The lowest BCUT2D eigenvalue weighted by molar-refractivity contribution is -0.139. The Morgan fingerprint density at radius 1 is 0.811 bits per heavy atom. The molecular weight excluding hydrogens is 476 g/mol. The lowest BCUT2D eigenvalue weighted by Crippen LogP contribution is -2.10. The fourth-order valence-corrected chi connectivity index (χ4v) is 4.06. The molecule has 0 amide bonds. The van der Waals surface area contributed by atoms with Gasteiger partial charge in [0.15, 0.2) is 6.61 Å². The van der Waals surface area contributed by atoms with Crippen molar-refractivity contribution in [3.8, 4) is 39.8 Å². The van der Waals surface area contributed by atoms with Crippen LogP contribution in [0.15, 0.2) is 72.8 Å². The Hall–Kier alpha value is -4.79. The molecule has 9 nitrogen and oxygen atoms in total. The van der Waals surface area contributed by atoms with Crippen LogP contribution in [0.1, 0.15) is 11.1 Å². The third-order valence-corrected chi connectivity index (χ3v) is 5.70. The van der Waals surface area contributed by atoms with Crippen LogP contribution in [0.5, 0.6) is 17.2 Å². The van der Waals surface area contributed by atoms with Crippen LogP contribution in [0, 0.1) is 0 Å². The van der Waals surface area contributed by atoms with Crippen LogP contribution in [0.2, 0.25) is 0 Å². The number of hydrogen-bond acceptors (Lipinski definition) is 6. The number of para-hydroxylation sites is 2. The second kappa shape index (κ2) is 11.3. The number of nitrogens with zero attached hydrogens (tertiary/aromatic N) is 2. The minimum absolute atomic E-state index is 0.201. The van der Waals surface area contributed by atoms with E-state index in [9.17, 15) is 14.7 Å². The summed E-state index contributed by atoms with van der Waals surface area (Å²) in [7, 11) is 3.20. The van der Waals surface area contributed by atoms with Crippen molar-refractivity contribution in [1.82, 2.24) is 9.78 Å². The lowest BCUT2D eigenvalue weighted by atomic mass is 10.0. The van der Waals surface area contributed by atoms with Crippen molar-refractivity contribution in [3.05, 3.63) is 83.9 Å². The fourth-order valence-electron chi connectivity index (χ4n) is 4.06. The highest BCUT2D eigenvalue weighted by atomic mass is 16.5. The van der Waals surface area contributed by atoms with Gasteiger partial charge in [0, 0.05) is 16.7 Å². The number of carbonyl (C=O) groups is 2. The van der Waals surface area contributed by atoms with Crippen molar-refractivity contribution in [2.75, 3.05) is 20.8 Å². The number of aromatic nitrogens is 2. The Kier molecular flexibility index (Phi) is 7.73. The van der Waals surface area contributed by atoms with Crippen LogP contribution in [-0.4, -0.2) is 52.8 Å². The second-order valence-corrected chi connectivity index (χ2v) is 8.17. The minimum atomic E-state index is -1.13. The van der Waals surface area contributed by atoms with Crippen molar-refractivity contribution in [1.29, 1.82) is 0 Å². The molecular formula is C28H26N2O7. The maximum Gasteiger partial charge on any atom is 0.341 e. The van der Waals surface area contributed by atoms with Gasteiger partial charge in [0.2, 0.25) is 0 Å². The van der Waals surface area contributed by atoms with Crippen LogP contribution in [0.4, 0.5) is 0 Å². The van der Waals surface area contributed by atoms with E-state index < -0.39 is 18.5 Å². The molecule has 190 valence electrons. The number of benzene rings is 3. The van der Waals surface area contributed by atoms with Gasteiger partial charge in [-0.15, -0.1) is 0 Å². The van der Waals surface area contributed by atoms with Gasteiger partial charge in [-0.2, -0.15) is 5.10 Å². The maximum absolute atomic E-state index is 11.3. The van der Waals surface area contributed by atoms with Crippen LogP contribution < -0.4 is 14.2 Å². The quantitative estimate of drug-likeness (QED) is 0.310. The predicted molar refractivity (Wildman–Crippen MR) is 136 cm³/mol. The predicted octanol–water partition coefficient (Wildman–Crippen LogP) is 4.37. The maximum atomic E-state index is 11.3. The number of methoxy groups -OCH3 is 2. The molecule has 0 aliphatic carbocycles. The van der Waals surface area contributed by atoms with E-state index in [2.05, 4.69) is 0 Å². The summed E-state index contributed by atoms with van der Waals surface area (Å²) in [4.78, 5) is 22.5. The van der Waals surface area contributed by atoms with Gasteiger partial charge in [-0.1, -0.05) is 36.4 Å². The summed E-state index contributed by atoms with van der Waals surface area (Å²) in [5.74, 6) is -0.472. The van der Waals surface area contributed by atoms with Crippen molar-refractivity contribution in [3.63, 3.8) is 0 Å². The molecule has 9 heteroatoms. The Morgan fingerprint density at radius 3 is 2.22 bits per heavy atom. The molecule has 1 aromatic heterocycles. The monoisotopic (exact) mass is 502 g/mol. The van der Waals surface area contributed by atoms with E-state index in [0.717, 1.165) is 16.8 Å². The van der Waals surface area contributed by atoms with Crippen LogP contribution in [0.3, 0.4) is 0 Å². The number of carboxylic acid groups (broad SMARTS) is 2. The first-order valence-electron chi connectivity index (χ1n) is 11.4. The Balaban J connectivity index is 1.88. The smallest absolute Gasteiger partial charge is 0.341 e. The molecule has 0 atom stereocenters. The molecule has 0 radical (unpaired) electrons. The average molecular weight is 503 g/mol. The second-order valence-electron chi connectivity index (χ2n) is 8.17. The first-order valence-corrected chi connectivity index (χ1v) is 11.4. The molecule has 4 rings (SSSR count). The minimum Gasteiger partial charge on any atom is -0.496 e. The molecule has 3 aromatic carbocycles. The topological polar surface area (TPSA) is 120 Å². The Bertz CT molecular complexity index is 1430. The molecule has 2 N–H and O–H groups in total. The third kappa shape index (κ3) is 5.90. The van der Waals surface area contributed by atoms with E-state index >= 15 is 0 Å². The fraction of sp³-hybridized carbons (Fsp3) is 0.179.